The molecule has 1 heterocycles. The maximum atomic E-state index is 14.8. The second-order valence-corrected chi connectivity index (χ2v) is 9.77. The number of carbonyl (C=O) groups is 1. The van der Waals surface area contributed by atoms with E-state index in [2.05, 4.69) is 26.8 Å². The number of ether oxygens (including phenoxy) is 1. The fourth-order valence-corrected chi connectivity index (χ4v) is 5.21. The molecule has 1 aromatic carbocycles. The number of carbonyl (C=O) groups excluding carboxylic acids is 1. The van der Waals surface area contributed by atoms with Crippen molar-refractivity contribution in [3.8, 4) is 0 Å². The number of methoxy groups -OCH3 is 1. The molecule has 3 rings (SSSR count). The second kappa shape index (κ2) is 10.3. The summed E-state index contributed by atoms with van der Waals surface area (Å²) in [6.07, 6.45) is 6.34. The first-order valence-corrected chi connectivity index (χ1v) is 12.2. The highest BCUT2D eigenvalue weighted by molar-refractivity contribution is 5.95. The first-order chi connectivity index (χ1) is 15.6. The molecule has 33 heavy (non-hydrogen) atoms. The summed E-state index contributed by atoms with van der Waals surface area (Å²) in [6.45, 7) is 14.0. The second-order valence-electron chi connectivity index (χ2n) is 9.77. The summed E-state index contributed by atoms with van der Waals surface area (Å²) in [5, 5.41) is 1.16. The lowest BCUT2D eigenvalue weighted by Gasteiger charge is -2.25. The molecule has 2 aromatic rings. The standard InChI is InChI=1S/C29H38FNO2/c1-9-21(19(6)32)24(20(7)33-8)14-17(4)29-25(13-16(2)3)23-12-10-11-22-18(5)26(30)15-27(31-29)28(22)23/h14-16,20H,9-13H2,1-8H3/b17-14+,24-21+/t20-/m1/s1. The van der Waals surface area contributed by atoms with Crippen molar-refractivity contribution in [3.05, 3.63) is 57.1 Å². The highest BCUT2D eigenvalue weighted by atomic mass is 19.1. The molecule has 0 radical (unpaired) electrons. The Kier molecular flexibility index (Phi) is 7.89. The summed E-state index contributed by atoms with van der Waals surface area (Å²) in [5.74, 6) is 0.349. The Labute approximate surface area is 198 Å². The number of rotatable bonds is 8. The van der Waals surface area contributed by atoms with E-state index >= 15 is 0 Å². The highest BCUT2D eigenvalue weighted by Crippen LogP contribution is 2.38. The van der Waals surface area contributed by atoms with Gasteiger partial charge in [0.05, 0.1) is 17.3 Å². The molecule has 1 aliphatic carbocycles. The van der Waals surface area contributed by atoms with Crippen molar-refractivity contribution in [2.75, 3.05) is 7.11 Å². The van der Waals surface area contributed by atoms with E-state index in [1.54, 1.807) is 20.1 Å². The van der Waals surface area contributed by atoms with Crippen molar-refractivity contribution in [1.29, 1.82) is 0 Å². The molecule has 0 fully saturated rings. The minimum absolute atomic E-state index is 0.0617. The van der Waals surface area contributed by atoms with E-state index in [4.69, 9.17) is 9.72 Å². The van der Waals surface area contributed by atoms with Gasteiger partial charge in [-0.25, -0.2) is 9.37 Å². The molecule has 0 saturated heterocycles. The molecular weight excluding hydrogens is 413 g/mol. The van der Waals surface area contributed by atoms with E-state index in [9.17, 15) is 9.18 Å². The van der Waals surface area contributed by atoms with Gasteiger partial charge in [-0.3, -0.25) is 4.79 Å². The summed E-state index contributed by atoms with van der Waals surface area (Å²) in [7, 11) is 1.66. The monoisotopic (exact) mass is 451 g/mol. The average Bonchev–Trinajstić information content (AvgIpc) is 2.77. The van der Waals surface area contributed by atoms with Crippen LogP contribution in [0.15, 0.2) is 23.3 Å². The number of Topliss-reactive ketones (excluding diaryl/α,β-unsaturated/α-hetero) is 1. The number of aryl methyl sites for hydroxylation is 2. The fraction of sp³-hybridized carbons (Fsp3) is 0.517. The van der Waals surface area contributed by atoms with Crippen LogP contribution in [0.4, 0.5) is 4.39 Å². The third-order valence-electron chi connectivity index (χ3n) is 6.95. The summed E-state index contributed by atoms with van der Waals surface area (Å²) in [6, 6.07) is 1.60. The molecule has 0 saturated carbocycles. The molecule has 0 aliphatic heterocycles. The number of nitrogens with zero attached hydrogens (tertiary/aromatic N) is 1. The van der Waals surface area contributed by atoms with E-state index in [0.717, 1.165) is 70.1 Å². The Morgan fingerprint density at radius 1 is 1.21 bits per heavy atom. The van der Waals surface area contributed by atoms with Gasteiger partial charge in [-0.2, -0.15) is 0 Å². The number of benzene rings is 1. The van der Waals surface area contributed by atoms with Crippen molar-refractivity contribution in [2.24, 2.45) is 5.92 Å². The number of halogens is 1. The molecule has 1 aliphatic rings. The Balaban J connectivity index is 2.35. The zero-order chi connectivity index (χ0) is 24.4. The van der Waals surface area contributed by atoms with Gasteiger partial charge in [0.1, 0.15) is 5.82 Å². The third kappa shape index (κ3) is 4.96. The van der Waals surface area contributed by atoms with Crippen LogP contribution in [0.2, 0.25) is 0 Å². The maximum absolute atomic E-state index is 14.8. The molecule has 0 spiro atoms. The van der Waals surface area contributed by atoms with Crippen LogP contribution in [0.5, 0.6) is 0 Å². The first-order valence-electron chi connectivity index (χ1n) is 12.2. The number of hydrogen-bond acceptors (Lipinski definition) is 3. The van der Waals surface area contributed by atoms with E-state index in [-0.39, 0.29) is 17.7 Å². The molecule has 0 N–H and O–H groups in total. The van der Waals surface area contributed by atoms with Gasteiger partial charge < -0.3 is 4.74 Å². The van der Waals surface area contributed by atoms with Gasteiger partial charge in [0.2, 0.25) is 0 Å². The van der Waals surface area contributed by atoms with Gasteiger partial charge in [0.15, 0.2) is 5.78 Å². The smallest absolute Gasteiger partial charge is 0.156 e. The Morgan fingerprint density at radius 3 is 2.45 bits per heavy atom. The van der Waals surface area contributed by atoms with Crippen LogP contribution in [-0.4, -0.2) is 24.0 Å². The zero-order valence-corrected chi connectivity index (χ0v) is 21.5. The van der Waals surface area contributed by atoms with Gasteiger partial charge in [-0.1, -0.05) is 26.8 Å². The minimum Gasteiger partial charge on any atom is -0.377 e. The predicted octanol–water partition coefficient (Wildman–Crippen LogP) is 7.10. The zero-order valence-electron chi connectivity index (χ0n) is 21.5. The summed E-state index contributed by atoms with van der Waals surface area (Å²) in [4.78, 5) is 17.4. The number of allylic oxidation sites excluding steroid dienone is 2. The van der Waals surface area contributed by atoms with Crippen LogP contribution in [0.25, 0.3) is 16.5 Å². The molecule has 0 unspecified atom stereocenters. The Morgan fingerprint density at radius 2 is 1.88 bits per heavy atom. The fourth-order valence-electron chi connectivity index (χ4n) is 5.21. The first kappa shape index (κ1) is 25.3. The maximum Gasteiger partial charge on any atom is 0.156 e. The minimum atomic E-state index is -0.210. The number of ketones is 1. The predicted molar refractivity (Wildman–Crippen MR) is 135 cm³/mol. The van der Waals surface area contributed by atoms with Crippen LogP contribution >= 0.6 is 0 Å². The summed E-state index contributed by atoms with van der Waals surface area (Å²) in [5.41, 5.74) is 8.80. The normalized spacial score (nSPS) is 15.8. The van der Waals surface area contributed by atoms with Crippen LogP contribution in [0.3, 0.4) is 0 Å². The van der Waals surface area contributed by atoms with E-state index in [1.165, 1.54) is 11.1 Å². The molecule has 178 valence electrons. The molecular formula is C29H38FNO2. The number of hydrogen-bond donors (Lipinski definition) is 0. The van der Waals surface area contributed by atoms with Gasteiger partial charge in [-0.15, -0.1) is 0 Å². The van der Waals surface area contributed by atoms with Gasteiger partial charge in [0, 0.05) is 24.1 Å². The lowest BCUT2D eigenvalue weighted by atomic mass is 9.81. The van der Waals surface area contributed by atoms with Crippen molar-refractivity contribution < 1.29 is 13.9 Å². The molecule has 0 amide bonds. The van der Waals surface area contributed by atoms with E-state index in [1.807, 2.05) is 20.8 Å². The molecule has 3 nitrogen and oxygen atoms in total. The van der Waals surface area contributed by atoms with Crippen molar-refractivity contribution >= 4 is 22.3 Å². The Bertz CT molecular complexity index is 1140. The number of pyridine rings is 1. The van der Waals surface area contributed by atoms with Gasteiger partial charge in [-0.05, 0) is 99.1 Å². The third-order valence-corrected chi connectivity index (χ3v) is 6.95. The van der Waals surface area contributed by atoms with Crippen LogP contribution in [0, 0.1) is 18.7 Å². The number of aromatic nitrogens is 1. The van der Waals surface area contributed by atoms with Crippen LogP contribution in [-0.2, 0) is 28.8 Å². The SMILES string of the molecule is CC/C(C(C)=O)=C(/C=C(\C)c1nc2cc(F)c(C)c3c2c(c1CC(C)C)CCC3)[C@@H](C)OC. The Hall–Kier alpha value is -2.33. The van der Waals surface area contributed by atoms with Crippen molar-refractivity contribution in [3.63, 3.8) is 0 Å². The summed E-state index contributed by atoms with van der Waals surface area (Å²) < 4.78 is 20.4. The van der Waals surface area contributed by atoms with Crippen molar-refractivity contribution in [2.45, 2.75) is 86.7 Å². The lowest BCUT2D eigenvalue weighted by molar-refractivity contribution is -0.113. The van der Waals surface area contributed by atoms with Crippen LogP contribution < -0.4 is 0 Å². The molecule has 4 heteroatoms. The quantitative estimate of drug-likeness (QED) is 0.317. The average molecular weight is 452 g/mol. The highest BCUT2D eigenvalue weighted by Gasteiger charge is 2.25. The summed E-state index contributed by atoms with van der Waals surface area (Å²) >= 11 is 0. The molecule has 0 bridgehead atoms. The molecule has 1 aromatic heterocycles. The van der Waals surface area contributed by atoms with E-state index in [0.29, 0.717) is 12.3 Å². The topological polar surface area (TPSA) is 39.2 Å². The van der Waals surface area contributed by atoms with Gasteiger partial charge >= 0.3 is 0 Å². The molecule has 1 atom stereocenters. The van der Waals surface area contributed by atoms with E-state index < -0.39 is 0 Å². The van der Waals surface area contributed by atoms with Gasteiger partial charge in [0.25, 0.3) is 0 Å². The largest absolute Gasteiger partial charge is 0.377 e. The van der Waals surface area contributed by atoms with Crippen molar-refractivity contribution in [1.82, 2.24) is 4.98 Å². The van der Waals surface area contributed by atoms with Crippen LogP contribution in [0.1, 0.15) is 82.3 Å². The lowest BCUT2D eigenvalue weighted by Crippen LogP contribution is -2.15.